The largest absolute Gasteiger partial charge is 0.434 e. The van der Waals surface area contributed by atoms with Crippen molar-refractivity contribution in [3.8, 4) is 0 Å². The molecule has 1 N–H and O–H groups in total. The predicted molar refractivity (Wildman–Crippen MR) is 106 cm³/mol. The third-order valence-electron chi connectivity index (χ3n) is 4.91. The summed E-state index contributed by atoms with van der Waals surface area (Å²) in [6.07, 6.45) is 8.30. The number of nitrogens with zero attached hydrogens (tertiary/aromatic N) is 4. The number of rotatable bonds is 18. The normalized spacial score (nSPS) is 15.1. The van der Waals surface area contributed by atoms with Crippen LogP contribution in [0.3, 0.4) is 0 Å². The van der Waals surface area contributed by atoms with Gasteiger partial charge in [0.05, 0.1) is 39.1 Å². The van der Waals surface area contributed by atoms with Crippen LogP contribution in [-0.2, 0) is 16.0 Å². The minimum Gasteiger partial charge on any atom is -0.390 e. The zero-order chi connectivity index (χ0) is 20.9. The molecule has 9 nitrogen and oxygen atoms in total. The first-order valence-corrected chi connectivity index (χ1v) is 10.4. The number of aliphatic hydroxyl groups excluding tert-OH is 1. The quantitative estimate of drug-likeness (QED) is 0.222. The van der Waals surface area contributed by atoms with Gasteiger partial charge in [-0.1, -0.05) is 30.7 Å². The number of imidazole rings is 1. The molecule has 1 heterocycles. The summed E-state index contributed by atoms with van der Waals surface area (Å²) in [7, 11) is 0. The van der Waals surface area contributed by atoms with Gasteiger partial charge in [0.25, 0.3) is 0 Å². The van der Waals surface area contributed by atoms with E-state index in [9.17, 15) is 19.6 Å². The molecular formula is C19H33FN4O5. The summed E-state index contributed by atoms with van der Waals surface area (Å²) >= 11 is 0. The summed E-state index contributed by atoms with van der Waals surface area (Å²) in [4.78, 5) is 16.3. The lowest BCUT2D eigenvalue weighted by atomic mass is 10.1. The third-order valence-corrected chi connectivity index (χ3v) is 4.91. The molecule has 1 saturated carbocycles. The first kappa shape index (κ1) is 23.7. The number of aliphatic hydroxyl groups is 1. The second-order valence-corrected chi connectivity index (χ2v) is 7.44. The maximum atomic E-state index is 12.0. The monoisotopic (exact) mass is 416 g/mol. The van der Waals surface area contributed by atoms with Crippen LogP contribution >= 0.6 is 0 Å². The number of hydrogen-bond acceptors (Lipinski definition) is 7. The van der Waals surface area contributed by atoms with Crippen molar-refractivity contribution in [1.29, 1.82) is 0 Å². The van der Waals surface area contributed by atoms with Gasteiger partial charge in [-0.25, -0.2) is 8.96 Å². The van der Waals surface area contributed by atoms with Crippen molar-refractivity contribution in [2.75, 3.05) is 52.7 Å². The fraction of sp³-hybridized carbons (Fsp3) is 0.842. The fourth-order valence-corrected chi connectivity index (χ4v) is 3.24. The van der Waals surface area contributed by atoms with Crippen LogP contribution in [0.25, 0.3) is 0 Å². The van der Waals surface area contributed by atoms with Gasteiger partial charge in [-0.2, -0.15) is 0 Å². The van der Waals surface area contributed by atoms with Gasteiger partial charge >= 0.3 is 5.95 Å². The smallest absolute Gasteiger partial charge is 0.390 e. The van der Waals surface area contributed by atoms with Crippen molar-refractivity contribution in [3.05, 3.63) is 22.5 Å². The summed E-state index contributed by atoms with van der Waals surface area (Å²) in [6, 6.07) is 0. The Morgan fingerprint density at radius 2 is 2.03 bits per heavy atom. The second kappa shape index (κ2) is 13.6. The molecule has 2 rings (SSSR count). The van der Waals surface area contributed by atoms with Crippen LogP contribution in [0.2, 0.25) is 0 Å². The SMILES string of the molecule is O=[N+]([O-])c1nccn1CC(O)CN(CCCCC1CC1)CCOCCOCCF. The van der Waals surface area contributed by atoms with E-state index in [1.807, 2.05) is 0 Å². The summed E-state index contributed by atoms with van der Waals surface area (Å²) in [5.41, 5.74) is 0. The van der Waals surface area contributed by atoms with Crippen molar-refractivity contribution in [2.45, 2.75) is 44.8 Å². The lowest BCUT2D eigenvalue weighted by molar-refractivity contribution is -0.397. The van der Waals surface area contributed by atoms with E-state index in [0.717, 1.165) is 18.9 Å². The van der Waals surface area contributed by atoms with Gasteiger partial charge in [-0.05, 0) is 23.8 Å². The molecule has 0 bridgehead atoms. The molecule has 166 valence electrons. The minimum absolute atomic E-state index is 0.0864. The molecule has 0 aliphatic heterocycles. The Morgan fingerprint density at radius 3 is 2.72 bits per heavy atom. The Kier molecular flexibility index (Phi) is 11.1. The zero-order valence-electron chi connectivity index (χ0n) is 17.0. The summed E-state index contributed by atoms with van der Waals surface area (Å²) in [5, 5.41) is 21.4. The van der Waals surface area contributed by atoms with E-state index in [0.29, 0.717) is 32.9 Å². The van der Waals surface area contributed by atoms with Crippen molar-refractivity contribution in [1.82, 2.24) is 14.5 Å². The zero-order valence-corrected chi connectivity index (χ0v) is 17.0. The number of unbranched alkanes of at least 4 members (excludes halogenated alkanes) is 1. The maximum absolute atomic E-state index is 12.0. The van der Waals surface area contributed by atoms with E-state index in [1.165, 1.54) is 42.6 Å². The van der Waals surface area contributed by atoms with Gasteiger partial charge < -0.3 is 24.7 Å². The molecule has 1 aliphatic carbocycles. The first-order valence-electron chi connectivity index (χ1n) is 10.4. The number of halogens is 1. The van der Waals surface area contributed by atoms with E-state index in [2.05, 4.69) is 9.88 Å². The van der Waals surface area contributed by atoms with Gasteiger partial charge in [0, 0.05) is 13.1 Å². The molecule has 1 fully saturated rings. The average molecular weight is 416 g/mol. The third kappa shape index (κ3) is 10.1. The van der Waals surface area contributed by atoms with Crippen LogP contribution in [-0.4, -0.2) is 83.3 Å². The highest BCUT2D eigenvalue weighted by molar-refractivity contribution is 5.06. The van der Waals surface area contributed by atoms with E-state index < -0.39 is 17.7 Å². The molecule has 1 aromatic rings. The van der Waals surface area contributed by atoms with Crippen LogP contribution < -0.4 is 0 Å². The van der Waals surface area contributed by atoms with Crippen molar-refractivity contribution >= 4 is 5.95 Å². The maximum Gasteiger partial charge on any atom is 0.434 e. The summed E-state index contributed by atoms with van der Waals surface area (Å²) in [6.45, 7) is 2.85. The molecule has 1 aliphatic rings. The highest BCUT2D eigenvalue weighted by Crippen LogP contribution is 2.33. The molecule has 10 heteroatoms. The number of alkyl halides is 1. The van der Waals surface area contributed by atoms with Crippen LogP contribution in [0.15, 0.2) is 12.4 Å². The Hall–Kier alpha value is -1.62. The van der Waals surface area contributed by atoms with E-state index in [1.54, 1.807) is 0 Å². The molecule has 29 heavy (non-hydrogen) atoms. The molecular weight excluding hydrogens is 383 g/mol. The van der Waals surface area contributed by atoms with Crippen LogP contribution in [0, 0.1) is 16.0 Å². The Bertz CT molecular complexity index is 585. The van der Waals surface area contributed by atoms with E-state index in [-0.39, 0.29) is 19.1 Å². The minimum atomic E-state index is -0.751. The number of ether oxygens (including phenoxy) is 2. The van der Waals surface area contributed by atoms with Crippen LogP contribution in [0.1, 0.15) is 32.1 Å². The molecule has 0 amide bonds. The standard InChI is InChI=1S/C19H33FN4O5/c20-6-11-28-13-14-29-12-10-22(8-2-1-3-17-4-5-17)15-18(25)16-23-9-7-21-19(23)24(26)27/h7,9,17-18,25H,1-6,8,10-16H2. The molecule has 0 spiro atoms. The first-order chi connectivity index (χ1) is 14.1. The summed E-state index contributed by atoms with van der Waals surface area (Å²) < 4.78 is 23.9. The Morgan fingerprint density at radius 1 is 1.28 bits per heavy atom. The van der Waals surface area contributed by atoms with E-state index in [4.69, 9.17) is 9.47 Å². The topological polar surface area (TPSA) is 103 Å². The lowest BCUT2D eigenvalue weighted by Crippen LogP contribution is -2.37. The fourth-order valence-electron chi connectivity index (χ4n) is 3.24. The van der Waals surface area contributed by atoms with Crippen molar-refractivity contribution in [3.63, 3.8) is 0 Å². The molecule has 0 radical (unpaired) electrons. The molecule has 0 aromatic carbocycles. The Labute approximate surface area is 171 Å². The van der Waals surface area contributed by atoms with Crippen molar-refractivity contribution < 1.29 is 23.9 Å². The second-order valence-electron chi connectivity index (χ2n) is 7.44. The van der Waals surface area contributed by atoms with E-state index >= 15 is 0 Å². The lowest BCUT2D eigenvalue weighted by Gasteiger charge is -2.24. The highest BCUT2D eigenvalue weighted by Gasteiger charge is 2.21. The number of nitro groups is 1. The number of aromatic nitrogens is 2. The molecule has 0 saturated heterocycles. The van der Waals surface area contributed by atoms with Gasteiger partial charge in [0.15, 0.2) is 0 Å². The van der Waals surface area contributed by atoms with Gasteiger partial charge in [-0.15, -0.1) is 0 Å². The van der Waals surface area contributed by atoms with Gasteiger partial charge in [0.1, 0.15) is 19.1 Å². The predicted octanol–water partition coefficient (Wildman–Crippen LogP) is 2.04. The van der Waals surface area contributed by atoms with Crippen LogP contribution in [0.4, 0.5) is 10.3 Å². The molecule has 1 atom stereocenters. The van der Waals surface area contributed by atoms with Gasteiger partial charge in [-0.3, -0.25) is 4.90 Å². The average Bonchev–Trinajstić information content (AvgIpc) is 3.40. The number of hydrogen-bond donors (Lipinski definition) is 1. The molecule has 1 aromatic heterocycles. The summed E-state index contributed by atoms with van der Waals surface area (Å²) in [5.74, 6) is 0.639. The highest BCUT2D eigenvalue weighted by atomic mass is 19.1. The Balaban J connectivity index is 1.72. The van der Waals surface area contributed by atoms with Crippen LogP contribution in [0.5, 0.6) is 0 Å². The molecule has 1 unspecified atom stereocenters. The van der Waals surface area contributed by atoms with Crippen molar-refractivity contribution in [2.24, 2.45) is 5.92 Å². The van der Waals surface area contributed by atoms with Gasteiger partial charge in [0.2, 0.25) is 0 Å².